The second-order valence-corrected chi connectivity index (χ2v) is 4.24. The van der Waals surface area contributed by atoms with E-state index >= 15 is 0 Å². The molecule has 0 bridgehead atoms. The maximum absolute atomic E-state index is 11.8. The van der Waals surface area contributed by atoms with E-state index in [1.165, 1.54) is 7.11 Å². The summed E-state index contributed by atoms with van der Waals surface area (Å²) in [5.41, 5.74) is -0.449. The average molecular weight is 230 g/mol. The Morgan fingerprint density at radius 1 is 1.62 bits per heavy atom. The molecule has 1 rings (SSSR count). The molecule has 0 aliphatic carbocycles. The predicted molar refractivity (Wildman–Crippen MR) is 56.6 cm³/mol. The summed E-state index contributed by atoms with van der Waals surface area (Å²) >= 11 is 0. The van der Waals surface area contributed by atoms with Crippen LogP contribution in [0.15, 0.2) is 0 Å². The van der Waals surface area contributed by atoms with Crippen molar-refractivity contribution < 1.29 is 19.4 Å². The van der Waals surface area contributed by atoms with E-state index in [0.29, 0.717) is 6.54 Å². The third-order valence-corrected chi connectivity index (χ3v) is 2.85. The number of aliphatic hydroxyl groups excluding tert-OH is 1. The van der Waals surface area contributed by atoms with Crippen molar-refractivity contribution in [1.29, 1.82) is 0 Å². The first-order valence-corrected chi connectivity index (χ1v) is 5.24. The number of hydrogen-bond donors (Lipinski definition) is 3. The highest BCUT2D eigenvalue weighted by atomic mass is 16.5. The van der Waals surface area contributed by atoms with Crippen molar-refractivity contribution in [1.82, 2.24) is 10.6 Å². The largest absolute Gasteiger partial charge is 0.467 e. The number of esters is 1. The summed E-state index contributed by atoms with van der Waals surface area (Å²) in [4.78, 5) is 22.7. The maximum Gasteiger partial charge on any atom is 0.336 e. The first kappa shape index (κ1) is 12.9. The highest BCUT2D eigenvalue weighted by molar-refractivity contribution is 5.83. The van der Waals surface area contributed by atoms with Gasteiger partial charge in [0, 0.05) is 6.54 Å². The van der Waals surface area contributed by atoms with Crippen molar-refractivity contribution in [3.8, 4) is 0 Å². The third kappa shape index (κ3) is 2.93. The minimum atomic E-state index is -1.30. The van der Waals surface area contributed by atoms with Gasteiger partial charge in [-0.1, -0.05) is 0 Å². The molecule has 0 aromatic carbocycles. The fourth-order valence-corrected chi connectivity index (χ4v) is 1.63. The predicted octanol–water partition coefficient (Wildman–Crippen LogP) is -1.36. The molecule has 2 atom stereocenters. The normalized spacial score (nSPS) is 26.2. The van der Waals surface area contributed by atoms with Gasteiger partial charge in [0.25, 0.3) is 0 Å². The summed E-state index contributed by atoms with van der Waals surface area (Å²) in [7, 11) is 1.19. The molecule has 0 aromatic heterocycles. The van der Waals surface area contributed by atoms with Crippen LogP contribution in [0.4, 0.5) is 0 Å². The Bertz CT molecular complexity index is 274. The molecule has 0 spiro atoms. The van der Waals surface area contributed by atoms with Gasteiger partial charge in [0.2, 0.25) is 5.91 Å². The molecule has 92 valence electrons. The van der Waals surface area contributed by atoms with Crippen LogP contribution in [0.1, 0.15) is 13.3 Å². The molecule has 1 amide bonds. The van der Waals surface area contributed by atoms with Gasteiger partial charge in [0.1, 0.15) is 0 Å². The molecule has 0 radical (unpaired) electrons. The molecule has 1 aliphatic rings. The van der Waals surface area contributed by atoms with Crippen LogP contribution in [0, 0.1) is 5.41 Å². The Morgan fingerprint density at radius 2 is 2.31 bits per heavy atom. The van der Waals surface area contributed by atoms with Crippen LogP contribution in [0.2, 0.25) is 0 Å². The van der Waals surface area contributed by atoms with Crippen LogP contribution < -0.4 is 10.6 Å². The van der Waals surface area contributed by atoms with Crippen molar-refractivity contribution in [2.75, 3.05) is 26.7 Å². The number of carbonyl (C=O) groups excluding carboxylic acids is 2. The molecule has 2 unspecified atom stereocenters. The first-order valence-electron chi connectivity index (χ1n) is 5.24. The van der Waals surface area contributed by atoms with E-state index in [1.54, 1.807) is 0 Å². The van der Waals surface area contributed by atoms with E-state index in [1.807, 2.05) is 6.92 Å². The van der Waals surface area contributed by atoms with Crippen molar-refractivity contribution in [2.45, 2.75) is 19.4 Å². The van der Waals surface area contributed by atoms with E-state index < -0.39 is 17.5 Å². The van der Waals surface area contributed by atoms with Crippen molar-refractivity contribution >= 4 is 11.9 Å². The molecule has 1 saturated heterocycles. The molecule has 0 saturated carbocycles. The van der Waals surface area contributed by atoms with Gasteiger partial charge < -0.3 is 20.5 Å². The molecule has 3 N–H and O–H groups in total. The summed E-state index contributed by atoms with van der Waals surface area (Å²) in [6.07, 6.45) is -0.542. The molecular formula is C10H18N2O4. The molecule has 16 heavy (non-hydrogen) atoms. The van der Waals surface area contributed by atoms with E-state index in [4.69, 9.17) is 0 Å². The van der Waals surface area contributed by atoms with Crippen LogP contribution in [-0.4, -0.2) is 49.8 Å². The number of rotatable bonds is 4. The van der Waals surface area contributed by atoms with Gasteiger partial charge in [0.05, 0.1) is 19.1 Å². The summed E-state index contributed by atoms with van der Waals surface area (Å²) in [5.74, 6) is -0.893. The van der Waals surface area contributed by atoms with Gasteiger partial charge in [-0.3, -0.25) is 4.79 Å². The average Bonchev–Trinajstić information content (AvgIpc) is 2.72. The topological polar surface area (TPSA) is 87.7 Å². The van der Waals surface area contributed by atoms with Crippen LogP contribution in [0.5, 0.6) is 0 Å². The molecule has 1 aliphatic heterocycles. The lowest BCUT2D eigenvalue weighted by Crippen LogP contribution is -2.45. The number of ether oxygens (including phenoxy) is 1. The molecule has 1 heterocycles. The van der Waals surface area contributed by atoms with Gasteiger partial charge >= 0.3 is 5.97 Å². The zero-order valence-corrected chi connectivity index (χ0v) is 9.58. The molecule has 0 aromatic rings. The van der Waals surface area contributed by atoms with Crippen molar-refractivity contribution in [3.05, 3.63) is 0 Å². The molecule has 6 heteroatoms. The second kappa shape index (κ2) is 5.27. The quantitative estimate of drug-likeness (QED) is 0.519. The van der Waals surface area contributed by atoms with Crippen LogP contribution >= 0.6 is 0 Å². The Balaban J connectivity index is 2.37. The Morgan fingerprint density at radius 3 is 2.81 bits per heavy atom. The maximum atomic E-state index is 11.8. The zero-order valence-electron chi connectivity index (χ0n) is 9.58. The lowest BCUT2D eigenvalue weighted by Gasteiger charge is -2.22. The number of hydrogen-bond acceptors (Lipinski definition) is 5. The number of aliphatic hydroxyl groups is 1. The van der Waals surface area contributed by atoms with Gasteiger partial charge in [-0.25, -0.2) is 4.79 Å². The fraction of sp³-hybridized carbons (Fsp3) is 0.800. The van der Waals surface area contributed by atoms with Crippen LogP contribution in [0.3, 0.4) is 0 Å². The lowest BCUT2D eigenvalue weighted by molar-refractivity contribution is -0.150. The minimum absolute atomic E-state index is 0.110. The van der Waals surface area contributed by atoms with E-state index in [2.05, 4.69) is 15.4 Å². The number of methoxy groups -OCH3 is 1. The number of amides is 1. The lowest BCUT2D eigenvalue weighted by atomic mass is 9.89. The summed E-state index contributed by atoms with van der Waals surface area (Å²) in [6, 6.07) is 0. The highest BCUT2D eigenvalue weighted by Crippen LogP contribution is 2.24. The monoisotopic (exact) mass is 230 g/mol. The molecule has 6 nitrogen and oxygen atoms in total. The van der Waals surface area contributed by atoms with Crippen molar-refractivity contribution in [3.63, 3.8) is 0 Å². The van der Waals surface area contributed by atoms with Crippen LogP contribution in [0.25, 0.3) is 0 Å². The smallest absolute Gasteiger partial charge is 0.336 e. The highest BCUT2D eigenvalue weighted by Gasteiger charge is 2.36. The number of nitrogens with one attached hydrogen (secondary N) is 2. The van der Waals surface area contributed by atoms with Gasteiger partial charge in [-0.15, -0.1) is 0 Å². The summed E-state index contributed by atoms with van der Waals surface area (Å²) < 4.78 is 4.34. The Kier molecular flexibility index (Phi) is 4.26. The van der Waals surface area contributed by atoms with E-state index in [9.17, 15) is 14.7 Å². The summed E-state index contributed by atoms with van der Waals surface area (Å²) in [6.45, 7) is 3.17. The van der Waals surface area contributed by atoms with E-state index in [0.717, 1.165) is 13.0 Å². The zero-order chi connectivity index (χ0) is 12.2. The van der Waals surface area contributed by atoms with Crippen LogP contribution in [-0.2, 0) is 14.3 Å². The number of carbonyl (C=O) groups is 2. The molecule has 1 fully saturated rings. The molecular weight excluding hydrogens is 212 g/mol. The first-order chi connectivity index (χ1) is 7.49. The standard InChI is InChI=1S/C10H18N2O4/c1-10(3-4-11-6-10)9(15)12-5-7(13)8(14)16-2/h7,11,13H,3-6H2,1-2H3,(H,12,15). The van der Waals surface area contributed by atoms with Gasteiger partial charge in [-0.05, 0) is 19.9 Å². The van der Waals surface area contributed by atoms with Crippen molar-refractivity contribution in [2.24, 2.45) is 5.41 Å². The van der Waals surface area contributed by atoms with E-state index in [-0.39, 0.29) is 12.5 Å². The summed E-state index contributed by atoms with van der Waals surface area (Å²) in [5, 5.41) is 14.9. The van der Waals surface area contributed by atoms with Gasteiger partial charge in [-0.2, -0.15) is 0 Å². The Hall–Kier alpha value is -1.14. The second-order valence-electron chi connectivity index (χ2n) is 4.24. The fourth-order valence-electron chi connectivity index (χ4n) is 1.63. The third-order valence-electron chi connectivity index (χ3n) is 2.85. The minimum Gasteiger partial charge on any atom is -0.467 e. The SMILES string of the molecule is COC(=O)C(O)CNC(=O)C1(C)CCNC1. The van der Waals surface area contributed by atoms with Gasteiger partial charge in [0.15, 0.2) is 6.10 Å². The Labute approximate surface area is 94.3 Å².